The van der Waals surface area contributed by atoms with E-state index in [1.165, 1.54) is 11.3 Å². The van der Waals surface area contributed by atoms with Gasteiger partial charge in [0.05, 0.1) is 31.0 Å². The highest BCUT2D eigenvalue weighted by Crippen LogP contribution is 2.18. The normalized spacial score (nSPS) is 22.5. The minimum Gasteiger partial charge on any atom is -0.379 e. The summed E-state index contributed by atoms with van der Waals surface area (Å²) >= 11 is 1.69. The molecule has 24 heavy (non-hydrogen) atoms. The summed E-state index contributed by atoms with van der Waals surface area (Å²) in [6, 6.07) is 0.632. The molecule has 0 radical (unpaired) electrons. The summed E-state index contributed by atoms with van der Waals surface area (Å²) in [6.07, 6.45) is 1.21. The molecule has 1 aromatic rings. The van der Waals surface area contributed by atoms with E-state index in [-0.39, 0.29) is 24.0 Å². The van der Waals surface area contributed by atoms with Crippen LogP contribution in [0.2, 0.25) is 0 Å². The van der Waals surface area contributed by atoms with Crippen LogP contribution in [0.3, 0.4) is 0 Å². The maximum Gasteiger partial charge on any atom is 0.194 e. The van der Waals surface area contributed by atoms with Crippen molar-refractivity contribution in [1.82, 2.24) is 20.1 Å². The predicted molar refractivity (Wildman–Crippen MR) is 109 cm³/mol. The second kappa shape index (κ2) is 9.88. The molecule has 1 atom stereocenters. The lowest BCUT2D eigenvalue weighted by Gasteiger charge is -2.32. The van der Waals surface area contributed by atoms with Crippen molar-refractivity contribution in [2.75, 3.05) is 45.9 Å². The standard InChI is InChI=1S/C16H27N5OS.HI/c1-3-17-16(18-10-15-13(2)19-12-23-15)21-5-4-14(11-21)20-6-8-22-9-7-20;/h12,14H,3-11H2,1-2H3,(H,17,18);1H. The quantitative estimate of drug-likeness (QED) is 0.419. The van der Waals surface area contributed by atoms with Gasteiger partial charge in [0.1, 0.15) is 0 Å². The number of nitrogens with one attached hydrogen (secondary N) is 1. The van der Waals surface area contributed by atoms with Gasteiger partial charge in [-0.05, 0) is 20.3 Å². The number of aryl methyl sites for hydroxylation is 1. The lowest BCUT2D eigenvalue weighted by Crippen LogP contribution is -2.46. The highest BCUT2D eigenvalue weighted by molar-refractivity contribution is 14.0. The molecule has 3 heterocycles. The van der Waals surface area contributed by atoms with Gasteiger partial charge in [-0.3, -0.25) is 4.90 Å². The molecule has 0 aromatic carbocycles. The van der Waals surface area contributed by atoms with Gasteiger partial charge in [-0.15, -0.1) is 35.3 Å². The van der Waals surface area contributed by atoms with Crippen LogP contribution in [0.5, 0.6) is 0 Å². The van der Waals surface area contributed by atoms with Gasteiger partial charge in [-0.25, -0.2) is 9.98 Å². The van der Waals surface area contributed by atoms with Crippen molar-refractivity contribution in [3.8, 4) is 0 Å². The average molecular weight is 465 g/mol. The number of halogens is 1. The summed E-state index contributed by atoms with van der Waals surface area (Å²) < 4.78 is 5.47. The van der Waals surface area contributed by atoms with Crippen LogP contribution in [0.25, 0.3) is 0 Å². The Kier molecular flexibility index (Phi) is 8.18. The van der Waals surface area contributed by atoms with E-state index >= 15 is 0 Å². The fourth-order valence-electron chi connectivity index (χ4n) is 3.23. The van der Waals surface area contributed by atoms with Gasteiger partial charge in [0.2, 0.25) is 0 Å². The van der Waals surface area contributed by atoms with Crippen molar-refractivity contribution in [1.29, 1.82) is 0 Å². The minimum absolute atomic E-state index is 0. The van der Waals surface area contributed by atoms with Crippen LogP contribution >= 0.6 is 35.3 Å². The summed E-state index contributed by atoms with van der Waals surface area (Å²) in [7, 11) is 0. The van der Waals surface area contributed by atoms with E-state index in [2.05, 4.69) is 33.9 Å². The van der Waals surface area contributed by atoms with E-state index in [1.54, 1.807) is 11.3 Å². The van der Waals surface area contributed by atoms with Gasteiger partial charge in [-0.1, -0.05) is 0 Å². The van der Waals surface area contributed by atoms with E-state index in [4.69, 9.17) is 9.73 Å². The zero-order valence-electron chi connectivity index (χ0n) is 14.5. The Morgan fingerprint density at radius 1 is 1.42 bits per heavy atom. The van der Waals surface area contributed by atoms with E-state index in [1.807, 2.05) is 5.51 Å². The third-order valence-corrected chi connectivity index (χ3v) is 5.50. The maximum atomic E-state index is 5.47. The van der Waals surface area contributed by atoms with Crippen molar-refractivity contribution in [2.45, 2.75) is 32.9 Å². The molecule has 2 saturated heterocycles. The first-order valence-electron chi connectivity index (χ1n) is 8.52. The smallest absolute Gasteiger partial charge is 0.194 e. The topological polar surface area (TPSA) is 53.0 Å². The Morgan fingerprint density at radius 2 is 2.21 bits per heavy atom. The SMILES string of the molecule is CCNC(=NCc1scnc1C)N1CCC(N2CCOCC2)C1.I. The van der Waals surface area contributed by atoms with Gasteiger partial charge >= 0.3 is 0 Å². The first kappa shape index (κ1) is 19.9. The Balaban J connectivity index is 0.00000208. The third-order valence-electron chi connectivity index (χ3n) is 4.58. The van der Waals surface area contributed by atoms with Gasteiger partial charge < -0.3 is 15.0 Å². The van der Waals surface area contributed by atoms with Crippen molar-refractivity contribution in [3.05, 3.63) is 16.1 Å². The molecule has 0 aliphatic carbocycles. The number of aliphatic imine (C=N–C) groups is 1. The van der Waals surface area contributed by atoms with E-state index < -0.39 is 0 Å². The molecule has 0 amide bonds. The average Bonchev–Trinajstić information content (AvgIpc) is 3.22. The number of guanidine groups is 1. The third kappa shape index (κ3) is 5.03. The molecule has 2 aliphatic rings. The lowest BCUT2D eigenvalue weighted by molar-refractivity contribution is 0.0195. The second-order valence-corrected chi connectivity index (χ2v) is 7.01. The molecular weight excluding hydrogens is 437 g/mol. The molecule has 2 fully saturated rings. The fourth-order valence-corrected chi connectivity index (χ4v) is 3.93. The number of morpholine rings is 1. The van der Waals surface area contributed by atoms with Gasteiger partial charge in [0, 0.05) is 43.6 Å². The van der Waals surface area contributed by atoms with Crippen molar-refractivity contribution in [3.63, 3.8) is 0 Å². The zero-order chi connectivity index (χ0) is 16.1. The highest BCUT2D eigenvalue weighted by atomic mass is 127. The molecule has 1 N–H and O–H groups in total. The molecule has 0 bridgehead atoms. The van der Waals surface area contributed by atoms with E-state index in [0.29, 0.717) is 6.04 Å². The largest absolute Gasteiger partial charge is 0.379 e. The molecular formula is C16H28IN5OS. The van der Waals surface area contributed by atoms with E-state index in [9.17, 15) is 0 Å². The van der Waals surface area contributed by atoms with Gasteiger partial charge in [0.15, 0.2) is 5.96 Å². The predicted octanol–water partition coefficient (Wildman–Crippen LogP) is 1.94. The molecule has 1 unspecified atom stereocenters. The Labute approximate surface area is 165 Å². The molecule has 6 nitrogen and oxygen atoms in total. The summed E-state index contributed by atoms with van der Waals surface area (Å²) in [5.41, 5.74) is 3.00. The number of rotatable bonds is 4. The number of aromatic nitrogens is 1. The molecule has 0 spiro atoms. The van der Waals surface area contributed by atoms with Gasteiger partial charge in [0.25, 0.3) is 0 Å². The monoisotopic (exact) mass is 465 g/mol. The Morgan fingerprint density at radius 3 is 2.88 bits per heavy atom. The zero-order valence-corrected chi connectivity index (χ0v) is 17.7. The van der Waals surface area contributed by atoms with Crippen LogP contribution < -0.4 is 5.32 Å². The number of hydrogen-bond donors (Lipinski definition) is 1. The van der Waals surface area contributed by atoms with Crippen LogP contribution in [0.4, 0.5) is 0 Å². The number of thiazole rings is 1. The lowest BCUT2D eigenvalue weighted by atomic mass is 10.2. The second-order valence-electron chi connectivity index (χ2n) is 6.07. The van der Waals surface area contributed by atoms with Gasteiger partial charge in [-0.2, -0.15) is 0 Å². The molecule has 3 rings (SSSR count). The first-order valence-corrected chi connectivity index (χ1v) is 9.40. The molecule has 0 saturated carbocycles. The Bertz CT molecular complexity index is 532. The van der Waals surface area contributed by atoms with Crippen LogP contribution in [-0.2, 0) is 11.3 Å². The summed E-state index contributed by atoms with van der Waals surface area (Å²) in [4.78, 5) is 15.4. The van der Waals surface area contributed by atoms with Crippen molar-refractivity contribution >= 4 is 41.3 Å². The molecule has 136 valence electrons. The number of likely N-dealkylation sites (tertiary alicyclic amines) is 1. The van der Waals surface area contributed by atoms with Crippen molar-refractivity contribution in [2.24, 2.45) is 4.99 Å². The molecule has 1 aromatic heterocycles. The first-order chi connectivity index (χ1) is 11.3. The molecule has 8 heteroatoms. The summed E-state index contributed by atoms with van der Waals surface area (Å²) in [5, 5.41) is 3.45. The number of nitrogens with zero attached hydrogens (tertiary/aromatic N) is 4. The Hall–Kier alpha value is -0.450. The maximum absolute atomic E-state index is 5.47. The van der Waals surface area contributed by atoms with Crippen LogP contribution in [-0.4, -0.2) is 72.7 Å². The van der Waals surface area contributed by atoms with Crippen molar-refractivity contribution < 1.29 is 4.74 Å². The van der Waals surface area contributed by atoms with Crippen LogP contribution in [0.15, 0.2) is 10.5 Å². The van der Waals surface area contributed by atoms with E-state index in [0.717, 1.165) is 64.1 Å². The molecule has 2 aliphatic heterocycles. The van der Waals surface area contributed by atoms with Crippen LogP contribution in [0, 0.1) is 6.92 Å². The number of ether oxygens (including phenoxy) is 1. The highest BCUT2D eigenvalue weighted by Gasteiger charge is 2.30. The van der Waals surface area contributed by atoms with Crippen LogP contribution in [0.1, 0.15) is 23.9 Å². The summed E-state index contributed by atoms with van der Waals surface area (Å²) in [5.74, 6) is 1.04. The number of hydrogen-bond acceptors (Lipinski definition) is 5. The minimum atomic E-state index is 0. The summed E-state index contributed by atoms with van der Waals surface area (Å²) in [6.45, 7) is 11.8. The fraction of sp³-hybridized carbons (Fsp3) is 0.750.